The van der Waals surface area contributed by atoms with Crippen LogP contribution in [0.1, 0.15) is 30.9 Å². The molecule has 0 bridgehead atoms. The summed E-state index contributed by atoms with van der Waals surface area (Å²) in [7, 11) is -4.38. The van der Waals surface area contributed by atoms with Gasteiger partial charge >= 0.3 is 13.6 Å². The molecule has 3 heterocycles. The second-order valence-electron chi connectivity index (χ2n) is 9.05. The highest BCUT2D eigenvalue weighted by Gasteiger charge is 2.55. The molecule has 35 heavy (non-hydrogen) atoms. The normalized spacial score (nSPS) is 28.2. The van der Waals surface area contributed by atoms with Crippen LogP contribution in [0, 0.1) is 0 Å². The van der Waals surface area contributed by atoms with Crippen LogP contribution in [0.2, 0.25) is 0 Å². The summed E-state index contributed by atoms with van der Waals surface area (Å²) in [6.45, 7) is 0. The van der Waals surface area contributed by atoms with Crippen molar-refractivity contribution in [3.63, 3.8) is 0 Å². The zero-order valence-electron chi connectivity index (χ0n) is 18.6. The van der Waals surface area contributed by atoms with Crippen molar-refractivity contribution in [2.45, 2.75) is 49.7 Å². The predicted molar refractivity (Wildman–Crippen MR) is 125 cm³/mol. The monoisotopic (exact) mass is 500 g/mol. The second kappa shape index (κ2) is 8.70. The van der Waals surface area contributed by atoms with Gasteiger partial charge in [0, 0.05) is 11.6 Å². The number of rotatable bonds is 6. The van der Waals surface area contributed by atoms with Gasteiger partial charge in [-0.1, -0.05) is 36.4 Å². The molecule has 1 saturated carbocycles. The van der Waals surface area contributed by atoms with E-state index in [9.17, 15) is 19.1 Å². The first-order valence-electron chi connectivity index (χ1n) is 11.4. The number of carbonyl (C=O) groups is 1. The first kappa shape index (κ1) is 22.7. The van der Waals surface area contributed by atoms with Crippen molar-refractivity contribution in [1.82, 2.24) is 14.9 Å². The average molecular weight is 500 g/mol. The first-order valence-corrected chi connectivity index (χ1v) is 13.2. The van der Waals surface area contributed by atoms with Gasteiger partial charge in [0.25, 0.3) is 0 Å². The van der Waals surface area contributed by atoms with Gasteiger partial charge < -0.3 is 39.2 Å². The highest BCUT2D eigenvalue weighted by Crippen LogP contribution is 2.49. The molecule has 1 aliphatic carbocycles. The van der Waals surface area contributed by atoms with Crippen molar-refractivity contribution in [1.29, 1.82) is 0 Å². The SMILES string of the molecule is O=C(Nc1cccc2c1ncn2[C@@H]1O[C@H](CP(=O)(O)O)C2O[C@@H](c3ccccc3)OC21)NC1CC1. The fourth-order valence-corrected chi connectivity index (χ4v) is 5.40. The number of amides is 2. The van der Waals surface area contributed by atoms with Crippen molar-refractivity contribution in [3.8, 4) is 0 Å². The van der Waals surface area contributed by atoms with Crippen LogP contribution in [0.4, 0.5) is 10.5 Å². The van der Waals surface area contributed by atoms with Gasteiger partial charge in [0.1, 0.15) is 23.8 Å². The van der Waals surface area contributed by atoms with Crippen molar-refractivity contribution in [2.24, 2.45) is 0 Å². The lowest BCUT2D eigenvalue weighted by molar-refractivity contribution is -0.143. The molecule has 5 atom stereocenters. The summed E-state index contributed by atoms with van der Waals surface area (Å²) in [6.07, 6.45) is -0.537. The zero-order chi connectivity index (χ0) is 24.2. The molecule has 3 aromatic rings. The van der Waals surface area contributed by atoms with Gasteiger partial charge in [-0.25, -0.2) is 9.78 Å². The molecule has 2 unspecified atom stereocenters. The molecule has 2 aliphatic heterocycles. The van der Waals surface area contributed by atoms with E-state index in [0.717, 1.165) is 18.4 Å². The fraction of sp³-hybridized carbons (Fsp3) is 0.391. The van der Waals surface area contributed by atoms with E-state index in [1.54, 1.807) is 23.0 Å². The van der Waals surface area contributed by atoms with Crippen LogP contribution in [0.15, 0.2) is 54.9 Å². The first-order chi connectivity index (χ1) is 16.9. The van der Waals surface area contributed by atoms with Crippen LogP contribution < -0.4 is 10.6 Å². The highest BCUT2D eigenvalue weighted by atomic mass is 31.2. The molecule has 1 aromatic heterocycles. The maximum absolute atomic E-state index is 12.3. The number of hydrogen-bond donors (Lipinski definition) is 4. The number of urea groups is 1. The number of nitrogens with zero attached hydrogens (tertiary/aromatic N) is 2. The number of anilines is 1. The van der Waals surface area contributed by atoms with Crippen LogP contribution in [0.5, 0.6) is 0 Å². The van der Waals surface area contributed by atoms with Gasteiger partial charge in [-0.15, -0.1) is 0 Å². The lowest BCUT2D eigenvalue weighted by Gasteiger charge is -2.22. The predicted octanol–water partition coefficient (Wildman–Crippen LogP) is 2.88. The van der Waals surface area contributed by atoms with Gasteiger partial charge in [-0.3, -0.25) is 4.57 Å². The number of nitrogens with one attached hydrogen (secondary N) is 2. The third kappa shape index (κ3) is 4.58. The molecule has 184 valence electrons. The summed E-state index contributed by atoms with van der Waals surface area (Å²) in [6, 6.07) is 14.7. The Hall–Kier alpha value is -2.79. The Kier molecular flexibility index (Phi) is 5.63. The molecule has 12 heteroatoms. The molecular formula is C23H25N4O7P. The maximum atomic E-state index is 12.3. The molecule has 0 spiro atoms. The van der Waals surface area contributed by atoms with E-state index in [1.807, 2.05) is 36.4 Å². The number of imidazole rings is 1. The number of ether oxygens (including phenoxy) is 3. The van der Waals surface area contributed by atoms with E-state index in [-0.39, 0.29) is 12.1 Å². The molecule has 4 N–H and O–H groups in total. The summed E-state index contributed by atoms with van der Waals surface area (Å²) < 4.78 is 32.0. The third-order valence-electron chi connectivity index (χ3n) is 6.38. The smallest absolute Gasteiger partial charge is 0.328 e. The molecular weight excluding hydrogens is 475 g/mol. The number of benzene rings is 2. The number of hydrogen-bond acceptors (Lipinski definition) is 6. The Labute approximate surface area is 200 Å². The second-order valence-corrected chi connectivity index (χ2v) is 10.7. The van der Waals surface area contributed by atoms with E-state index in [2.05, 4.69) is 15.6 Å². The highest BCUT2D eigenvalue weighted by molar-refractivity contribution is 7.51. The van der Waals surface area contributed by atoms with Gasteiger partial charge in [0.15, 0.2) is 12.5 Å². The minimum atomic E-state index is -4.38. The Bertz CT molecular complexity index is 1290. The third-order valence-corrected chi connectivity index (χ3v) is 7.21. The molecule has 2 saturated heterocycles. The van der Waals surface area contributed by atoms with Crippen LogP contribution in [0.3, 0.4) is 0 Å². The summed E-state index contributed by atoms with van der Waals surface area (Å²) in [5.74, 6) is 0. The van der Waals surface area contributed by atoms with Gasteiger partial charge in [-0.2, -0.15) is 0 Å². The van der Waals surface area contributed by atoms with Crippen LogP contribution in [0.25, 0.3) is 11.0 Å². The van der Waals surface area contributed by atoms with Crippen molar-refractivity contribution in [2.75, 3.05) is 11.5 Å². The van der Waals surface area contributed by atoms with Crippen molar-refractivity contribution in [3.05, 3.63) is 60.4 Å². The standard InChI is InChI=1S/C23H25N4O7P/c28-23(25-14-9-10-14)26-15-7-4-8-16-18(15)24-12-27(16)21-20-19(17(32-21)11-35(29,30)31)33-22(34-20)13-5-2-1-3-6-13/h1-8,12,14,17,19-22H,9-11H2,(H2,25,26,28)(H2,29,30,31)/t17-,19?,20?,21-,22-/m1/s1. The van der Waals surface area contributed by atoms with E-state index in [0.29, 0.717) is 16.7 Å². The average Bonchev–Trinajstić information content (AvgIpc) is 3.23. The minimum absolute atomic E-state index is 0.221. The van der Waals surface area contributed by atoms with E-state index < -0.39 is 44.6 Å². The molecule has 6 rings (SSSR count). The lowest BCUT2D eigenvalue weighted by atomic mass is 10.1. The largest absolute Gasteiger partial charge is 0.348 e. The van der Waals surface area contributed by atoms with Crippen LogP contribution >= 0.6 is 7.60 Å². The van der Waals surface area contributed by atoms with E-state index in [4.69, 9.17) is 14.2 Å². The van der Waals surface area contributed by atoms with Gasteiger partial charge in [0.2, 0.25) is 0 Å². The van der Waals surface area contributed by atoms with Gasteiger partial charge in [0.05, 0.1) is 23.7 Å². The van der Waals surface area contributed by atoms with Crippen LogP contribution in [-0.4, -0.2) is 55.9 Å². The van der Waals surface area contributed by atoms with Gasteiger partial charge in [-0.05, 0) is 25.0 Å². The number of para-hydroxylation sites is 1. The maximum Gasteiger partial charge on any atom is 0.328 e. The van der Waals surface area contributed by atoms with Crippen LogP contribution in [-0.2, 0) is 18.8 Å². The minimum Gasteiger partial charge on any atom is -0.348 e. The zero-order valence-corrected chi connectivity index (χ0v) is 19.5. The Morgan fingerprint density at radius 1 is 1.06 bits per heavy atom. The molecule has 11 nitrogen and oxygen atoms in total. The summed E-state index contributed by atoms with van der Waals surface area (Å²) in [5, 5.41) is 5.74. The van der Waals surface area contributed by atoms with Crippen molar-refractivity contribution >= 4 is 30.3 Å². The molecule has 3 fully saturated rings. The van der Waals surface area contributed by atoms with Crippen molar-refractivity contribution < 1.29 is 33.4 Å². The van der Waals surface area contributed by atoms with E-state index in [1.165, 1.54) is 0 Å². The lowest BCUT2D eigenvalue weighted by Crippen LogP contribution is -2.31. The Morgan fingerprint density at radius 3 is 2.57 bits per heavy atom. The molecule has 2 aromatic carbocycles. The fourth-order valence-electron chi connectivity index (χ4n) is 4.64. The molecule has 3 aliphatic rings. The Balaban J connectivity index is 1.31. The quantitative estimate of drug-likeness (QED) is 0.378. The van der Waals surface area contributed by atoms with E-state index >= 15 is 0 Å². The molecule has 2 amide bonds. The summed E-state index contributed by atoms with van der Waals surface area (Å²) >= 11 is 0. The number of aromatic nitrogens is 2. The summed E-state index contributed by atoms with van der Waals surface area (Å²) in [5.41, 5.74) is 2.60. The number of fused-ring (bicyclic) bond motifs is 2. The number of carbonyl (C=O) groups excluding carboxylic acids is 1. The molecule has 0 radical (unpaired) electrons. The topological polar surface area (TPSA) is 144 Å². The summed E-state index contributed by atoms with van der Waals surface area (Å²) in [4.78, 5) is 36.0. The Morgan fingerprint density at radius 2 is 1.83 bits per heavy atom.